The second-order valence-electron chi connectivity index (χ2n) is 8.55. The maximum absolute atomic E-state index is 12.7. The van der Waals surface area contributed by atoms with Crippen molar-refractivity contribution in [2.75, 3.05) is 6.61 Å². The molecule has 0 radical (unpaired) electrons. The summed E-state index contributed by atoms with van der Waals surface area (Å²) >= 11 is 7.02. The van der Waals surface area contributed by atoms with Crippen LogP contribution in [0.5, 0.6) is 0 Å². The zero-order valence-corrected chi connectivity index (χ0v) is 17.1. The lowest BCUT2D eigenvalue weighted by atomic mass is 9.58. The number of thiocarbonyl (C=S) groups is 1. The number of hydrogen-bond acceptors (Lipinski definition) is 5. The highest BCUT2D eigenvalue weighted by molar-refractivity contribution is 8.23. The van der Waals surface area contributed by atoms with Crippen LogP contribution >= 0.6 is 24.0 Å². The fraction of sp³-hybridized carbons (Fsp3) is 0.842. The fourth-order valence-corrected chi connectivity index (χ4v) is 7.27. The Morgan fingerprint density at radius 1 is 1.38 bits per heavy atom. The number of carbonyl (C=O) groups excluding carboxylic acids is 2. The summed E-state index contributed by atoms with van der Waals surface area (Å²) in [6, 6.07) is 0. The van der Waals surface area contributed by atoms with Gasteiger partial charge in [0.2, 0.25) is 4.38 Å². The average Bonchev–Trinajstić information content (AvgIpc) is 2.64. The molecule has 3 nitrogen and oxygen atoms in total. The maximum atomic E-state index is 12.7. The molecule has 0 aromatic carbocycles. The molecule has 4 atom stereocenters. The lowest BCUT2D eigenvalue weighted by Gasteiger charge is -2.50. The van der Waals surface area contributed by atoms with Gasteiger partial charge in [0.25, 0.3) is 0 Å². The summed E-state index contributed by atoms with van der Waals surface area (Å²) in [5.74, 6) is 0.800. The second kappa shape index (κ2) is 7.45. The van der Waals surface area contributed by atoms with Gasteiger partial charge >= 0.3 is 0 Å². The predicted octanol–water partition coefficient (Wildman–Crippen LogP) is 4.81. The van der Waals surface area contributed by atoms with Crippen LogP contribution in [0.15, 0.2) is 0 Å². The van der Waals surface area contributed by atoms with Gasteiger partial charge in [-0.1, -0.05) is 32.5 Å². The third-order valence-corrected chi connectivity index (χ3v) is 7.06. The van der Waals surface area contributed by atoms with Crippen molar-refractivity contribution in [3.05, 3.63) is 0 Å². The Hall–Kier alpha value is -0.420. The third kappa shape index (κ3) is 4.40. The number of fused-ring (bicyclic) bond motifs is 1. The van der Waals surface area contributed by atoms with Crippen molar-refractivity contribution in [3.8, 4) is 0 Å². The highest BCUT2D eigenvalue weighted by atomic mass is 32.2. The molecule has 2 unspecified atom stereocenters. The molecular formula is C19H30O3S2. The molecule has 2 rings (SSSR count). The number of thioether (sulfide) groups is 1. The van der Waals surface area contributed by atoms with Crippen LogP contribution in [0, 0.1) is 22.7 Å². The SMILES string of the molecule is CCOC(=S)SC1CC(C)(C)C[C@]2(C)CC(=O)C(CCC(C)=O)[C@H]12. The van der Waals surface area contributed by atoms with Crippen molar-refractivity contribution in [1.29, 1.82) is 0 Å². The first-order chi connectivity index (χ1) is 11.1. The van der Waals surface area contributed by atoms with Crippen LogP contribution in [0.1, 0.15) is 66.7 Å². The molecule has 0 aromatic heterocycles. The zero-order valence-electron chi connectivity index (χ0n) is 15.5. The van der Waals surface area contributed by atoms with E-state index in [1.54, 1.807) is 18.7 Å². The standard InChI is InChI=1S/C19H30O3S2/c1-6-22-17(23)24-15-10-18(3,4)11-19(5)9-14(21)13(16(15)19)8-7-12(2)20/h13,15-16H,6-11H2,1-5H3/t13?,15?,16-,19+/m1/s1. The van der Waals surface area contributed by atoms with Crippen LogP contribution in [0.3, 0.4) is 0 Å². The molecule has 2 fully saturated rings. The number of ketones is 2. The number of hydrogen-bond donors (Lipinski definition) is 0. The number of Topliss-reactive ketones (excluding diaryl/α,β-unsaturated/α-hetero) is 2. The molecule has 2 aliphatic rings. The molecule has 0 N–H and O–H groups in total. The Morgan fingerprint density at radius 3 is 2.62 bits per heavy atom. The summed E-state index contributed by atoms with van der Waals surface area (Å²) < 4.78 is 6.10. The number of ether oxygens (including phenoxy) is 1. The van der Waals surface area contributed by atoms with Crippen molar-refractivity contribution >= 4 is 39.9 Å². The molecule has 136 valence electrons. The van der Waals surface area contributed by atoms with Gasteiger partial charge in [-0.15, -0.1) is 0 Å². The predicted molar refractivity (Wildman–Crippen MR) is 103 cm³/mol. The molecule has 0 aromatic rings. The van der Waals surface area contributed by atoms with Gasteiger partial charge in [-0.3, -0.25) is 4.79 Å². The van der Waals surface area contributed by atoms with Crippen LogP contribution in [0.4, 0.5) is 0 Å². The van der Waals surface area contributed by atoms with E-state index in [0.717, 1.165) is 12.8 Å². The molecule has 2 aliphatic carbocycles. The average molecular weight is 371 g/mol. The van der Waals surface area contributed by atoms with E-state index in [2.05, 4.69) is 20.8 Å². The lowest BCUT2D eigenvalue weighted by molar-refractivity contribution is -0.122. The Bertz CT molecular complexity index is 529. The summed E-state index contributed by atoms with van der Waals surface area (Å²) in [6.07, 6.45) is 3.93. The molecule has 0 amide bonds. The molecular weight excluding hydrogens is 340 g/mol. The Balaban J connectivity index is 2.27. The van der Waals surface area contributed by atoms with E-state index in [4.69, 9.17) is 17.0 Å². The van der Waals surface area contributed by atoms with Gasteiger partial charge in [-0.25, -0.2) is 0 Å². The minimum Gasteiger partial charge on any atom is -0.479 e. The van der Waals surface area contributed by atoms with Crippen LogP contribution in [0.2, 0.25) is 0 Å². The van der Waals surface area contributed by atoms with Crippen molar-refractivity contribution in [2.24, 2.45) is 22.7 Å². The second-order valence-corrected chi connectivity index (χ2v) is 10.4. The van der Waals surface area contributed by atoms with Crippen LogP contribution in [-0.4, -0.2) is 27.8 Å². The van der Waals surface area contributed by atoms with Crippen molar-refractivity contribution in [3.63, 3.8) is 0 Å². The van der Waals surface area contributed by atoms with Gasteiger partial charge in [-0.2, -0.15) is 0 Å². The molecule has 0 aliphatic heterocycles. The fourth-order valence-electron chi connectivity index (χ4n) is 5.15. The zero-order chi connectivity index (χ0) is 18.1. The van der Waals surface area contributed by atoms with E-state index in [0.29, 0.717) is 47.2 Å². The molecule has 2 saturated carbocycles. The maximum Gasteiger partial charge on any atom is 0.220 e. The summed E-state index contributed by atoms with van der Waals surface area (Å²) in [5, 5.41) is 0.293. The van der Waals surface area contributed by atoms with Gasteiger partial charge < -0.3 is 9.53 Å². The minimum atomic E-state index is -0.00285. The summed E-state index contributed by atoms with van der Waals surface area (Å²) in [6.45, 7) is 11.0. The van der Waals surface area contributed by atoms with Gasteiger partial charge in [0.1, 0.15) is 11.6 Å². The van der Waals surface area contributed by atoms with E-state index < -0.39 is 0 Å². The van der Waals surface area contributed by atoms with E-state index >= 15 is 0 Å². The van der Waals surface area contributed by atoms with Gasteiger partial charge in [-0.05, 0) is 62.1 Å². The molecule has 0 bridgehead atoms. The Kier molecular flexibility index (Phi) is 6.17. The highest BCUT2D eigenvalue weighted by Gasteiger charge is 2.58. The Labute approximate surface area is 155 Å². The monoisotopic (exact) mass is 370 g/mol. The summed E-state index contributed by atoms with van der Waals surface area (Å²) in [5.41, 5.74) is 0.209. The summed E-state index contributed by atoms with van der Waals surface area (Å²) in [7, 11) is 0. The molecule has 0 saturated heterocycles. The van der Waals surface area contributed by atoms with Crippen LogP contribution in [-0.2, 0) is 14.3 Å². The largest absolute Gasteiger partial charge is 0.479 e. The van der Waals surface area contributed by atoms with Gasteiger partial charge in [0.15, 0.2) is 0 Å². The van der Waals surface area contributed by atoms with E-state index in [1.807, 2.05) is 6.92 Å². The Morgan fingerprint density at radius 2 is 2.04 bits per heavy atom. The minimum absolute atomic E-state index is 0.00285. The topological polar surface area (TPSA) is 43.4 Å². The first-order valence-corrected chi connectivity index (χ1v) is 10.2. The van der Waals surface area contributed by atoms with Crippen molar-refractivity contribution in [2.45, 2.75) is 72.0 Å². The van der Waals surface area contributed by atoms with Crippen molar-refractivity contribution < 1.29 is 14.3 Å². The summed E-state index contributed by atoms with van der Waals surface area (Å²) in [4.78, 5) is 24.2. The van der Waals surface area contributed by atoms with E-state index in [9.17, 15) is 9.59 Å². The number of carbonyl (C=O) groups is 2. The molecule has 0 heterocycles. The molecule has 24 heavy (non-hydrogen) atoms. The van der Waals surface area contributed by atoms with Crippen LogP contribution < -0.4 is 0 Å². The van der Waals surface area contributed by atoms with E-state index in [-0.39, 0.29) is 22.5 Å². The highest BCUT2D eigenvalue weighted by Crippen LogP contribution is 2.61. The quantitative estimate of drug-likeness (QED) is 0.650. The van der Waals surface area contributed by atoms with Crippen molar-refractivity contribution in [1.82, 2.24) is 0 Å². The first-order valence-electron chi connectivity index (χ1n) is 8.93. The third-order valence-electron chi connectivity index (χ3n) is 5.58. The number of rotatable bonds is 5. The molecule has 0 spiro atoms. The first kappa shape index (κ1) is 19.9. The van der Waals surface area contributed by atoms with Gasteiger partial charge in [0.05, 0.1) is 6.61 Å². The lowest BCUT2D eigenvalue weighted by Crippen LogP contribution is -2.45. The van der Waals surface area contributed by atoms with Crippen LogP contribution in [0.25, 0.3) is 0 Å². The molecule has 5 heteroatoms. The smallest absolute Gasteiger partial charge is 0.220 e. The van der Waals surface area contributed by atoms with E-state index in [1.165, 1.54) is 0 Å². The van der Waals surface area contributed by atoms with Gasteiger partial charge in [0, 0.05) is 24.0 Å². The normalized spacial score (nSPS) is 34.7.